The fraction of sp³-hybridized carbons (Fsp3) is 0.404. The first-order valence-electron chi connectivity index (χ1n) is 25.3. The highest BCUT2D eigenvalue weighted by Crippen LogP contribution is 2.44. The first kappa shape index (κ1) is 53.6. The number of hydrogen-bond donors (Lipinski definition) is 2. The number of hydrogen-bond acceptors (Lipinski definition) is 13. The predicted molar refractivity (Wildman–Crippen MR) is 297 cm³/mol. The molecule has 0 radical (unpaired) electrons. The molecular weight excluding hydrogens is 1010 g/mol. The summed E-state index contributed by atoms with van der Waals surface area (Å²) in [7, 11) is 4.93. The van der Waals surface area contributed by atoms with Crippen molar-refractivity contribution in [2.75, 3.05) is 54.9 Å². The van der Waals surface area contributed by atoms with Crippen LogP contribution in [-0.4, -0.2) is 94.2 Å². The molecule has 75 heavy (non-hydrogen) atoms. The number of likely N-dealkylation sites (N-methyl/N-ethyl adjacent to an activating group) is 1. The summed E-state index contributed by atoms with van der Waals surface area (Å²) >= 11 is 0. The van der Waals surface area contributed by atoms with E-state index in [1.54, 1.807) is 13.2 Å². The number of anilines is 4. The monoisotopic (exact) mass is 1080 g/mol. The Balaban J connectivity index is 0.925. The zero-order valence-corrected chi connectivity index (χ0v) is 46.1. The van der Waals surface area contributed by atoms with Gasteiger partial charge in [-0.2, -0.15) is 8.42 Å². The van der Waals surface area contributed by atoms with Crippen molar-refractivity contribution < 1.29 is 46.0 Å². The number of ether oxygens (including phenoxy) is 3. The summed E-state index contributed by atoms with van der Waals surface area (Å²) in [4.78, 5) is 60.7. The molecule has 4 aliphatic rings. The van der Waals surface area contributed by atoms with Crippen LogP contribution in [0.1, 0.15) is 101 Å². The second kappa shape index (κ2) is 22.2. The maximum absolute atomic E-state index is 14.2. The minimum absolute atomic E-state index is 0.0102. The number of aryl methyl sites for hydroxylation is 2. The van der Waals surface area contributed by atoms with Gasteiger partial charge in [0.1, 0.15) is 19.0 Å². The highest BCUT2D eigenvalue weighted by atomic mass is 33.1. The molecule has 0 saturated heterocycles. The third kappa shape index (κ3) is 11.5. The zero-order chi connectivity index (χ0) is 53.3. The van der Waals surface area contributed by atoms with Crippen molar-refractivity contribution in [3.63, 3.8) is 0 Å². The first-order valence-corrected chi connectivity index (χ1v) is 29.0. The van der Waals surface area contributed by atoms with Crippen molar-refractivity contribution >= 4 is 78.1 Å². The molecule has 0 spiro atoms. The lowest BCUT2D eigenvalue weighted by Crippen LogP contribution is -2.41. The van der Waals surface area contributed by atoms with Crippen LogP contribution in [0.5, 0.6) is 17.2 Å². The van der Waals surface area contributed by atoms with Gasteiger partial charge >= 0.3 is 0 Å². The van der Waals surface area contributed by atoms with Crippen LogP contribution in [0.25, 0.3) is 0 Å². The molecule has 5 aromatic rings. The Labute approximate surface area is 447 Å². The van der Waals surface area contributed by atoms with Gasteiger partial charge in [-0.15, -0.1) is 0 Å². The number of fused-ring (bicyclic) bond motifs is 8. The minimum atomic E-state index is -4.09. The highest BCUT2D eigenvalue weighted by molar-refractivity contribution is 8.77. The molecule has 396 valence electrons. The normalized spacial score (nSPS) is 17.6. The second-order valence-electron chi connectivity index (χ2n) is 20.4. The fourth-order valence-electron chi connectivity index (χ4n) is 10.6. The lowest BCUT2D eigenvalue weighted by atomic mass is 9.99. The molecule has 0 saturated carbocycles. The van der Waals surface area contributed by atoms with E-state index < -0.39 is 26.0 Å². The van der Waals surface area contributed by atoms with E-state index in [2.05, 4.69) is 31.8 Å². The second-order valence-corrected chi connectivity index (χ2v) is 25.7. The smallest absolute Gasteiger partial charge is 0.279 e. The van der Waals surface area contributed by atoms with Crippen LogP contribution in [0.2, 0.25) is 0 Å². The van der Waals surface area contributed by atoms with Crippen molar-refractivity contribution in [3.8, 4) is 17.2 Å². The van der Waals surface area contributed by atoms with Crippen LogP contribution in [-0.2, 0) is 56.4 Å². The molecule has 0 aliphatic carbocycles. The molecule has 0 fully saturated rings. The van der Waals surface area contributed by atoms with E-state index in [-0.39, 0.29) is 61.1 Å². The molecule has 4 atom stereocenters. The Hall–Kier alpha value is -6.21. The minimum Gasteiger partial charge on any atom is -0.493 e. The van der Waals surface area contributed by atoms with E-state index >= 15 is 0 Å². The van der Waals surface area contributed by atoms with Crippen LogP contribution in [0.15, 0.2) is 91.0 Å². The number of benzene rings is 5. The number of amides is 4. The van der Waals surface area contributed by atoms with Crippen molar-refractivity contribution in [3.05, 3.63) is 136 Å². The van der Waals surface area contributed by atoms with Crippen molar-refractivity contribution in [1.82, 2.24) is 5.32 Å². The van der Waals surface area contributed by atoms with E-state index in [1.807, 2.05) is 117 Å². The lowest BCUT2D eigenvalue weighted by molar-refractivity contribution is -0.120. The molecule has 5 aromatic carbocycles. The summed E-state index contributed by atoms with van der Waals surface area (Å²) in [5.74, 6) is 0.661. The summed E-state index contributed by atoms with van der Waals surface area (Å²) < 4.78 is 48.3. The summed E-state index contributed by atoms with van der Waals surface area (Å²) in [6, 6.07) is 29.6. The molecule has 0 bridgehead atoms. The maximum atomic E-state index is 14.2. The summed E-state index contributed by atoms with van der Waals surface area (Å²) in [5.41, 5.74) is 10.1. The molecule has 2 N–H and O–H groups in total. The molecule has 15 nitrogen and oxygen atoms in total. The van der Waals surface area contributed by atoms with Gasteiger partial charge < -0.3 is 39.5 Å². The number of nitrogens with zero attached hydrogens (tertiary/aromatic N) is 3. The van der Waals surface area contributed by atoms with Crippen LogP contribution in [0, 0.1) is 6.92 Å². The number of carbonyl (C=O) groups is 4. The average molecular weight is 1080 g/mol. The van der Waals surface area contributed by atoms with Crippen molar-refractivity contribution in [1.29, 1.82) is 0 Å². The van der Waals surface area contributed by atoms with E-state index in [4.69, 9.17) is 14.2 Å². The Morgan fingerprint density at radius 3 is 2.07 bits per heavy atom. The van der Waals surface area contributed by atoms with Crippen molar-refractivity contribution in [2.24, 2.45) is 0 Å². The maximum Gasteiger partial charge on any atom is 0.279 e. The van der Waals surface area contributed by atoms with Crippen LogP contribution >= 0.6 is 21.6 Å². The molecule has 4 amide bonds. The molecule has 0 aromatic heterocycles. The van der Waals surface area contributed by atoms with Crippen LogP contribution < -0.4 is 39.5 Å². The van der Waals surface area contributed by atoms with Gasteiger partial charge in [0.15, 0.2) is 16.7 Å². The van der Waals surface area contributed by atoms with Crippen LogP contribution in [0.3, 0.4) is 0 Å². The quantitative estimate of drug-likeness (QED) is 0.0592. The summed E-state index contributed by atoms with van der Waals surface area (Å²) in [6.07, 6.45) is 3.86. The van der Waals surface area contributed by atoms with E-state index in [0.717, 1.165) is 65.7 Å². The van der Waals surface area contributed by atoms with Gasteiger partial charge in [0.2, 0.25) is 11.8 Å². The Morgan fingerprint density at radius 1 is 0.787 bits per heavy atom. The van der Waals surface area contributed by atoms with Gasteiger partial charge in [-0.25, -0.2) is 0 Å². The van der Waals surface area contributed by atoms with E-state index in [0.29, 0.717) is 53.4 Å². The largest absolute Gasteiger partial charge is 0.493 e. The molecule has 4 heterocycles. The number of methoxy groups -OCH3 is 1. The summed E-state index contributed by atoms with van der Waals surface area (Å²) in [5, 5.41) is 3.97. The number of nitrogens with one attached hydrogen (secondary N) is 2. The molecule has 9 rings (SSSR count). The number of para-hydroxylation sites is 2. The average Bonchev–Trinajstić information content (AvgIpc) is 3.91. The SMILES string of the molecule is CNC(=O)C(CC(C)SSC(C)(C)CCC(=O)Nc1cc(COc2cc3c(cc2C)C(=O)N2c4ccccc4C[C@H]2CN3C)cc(COc2cc3c(cc2OC)C(=O)N2c4ccccc4C[C@H]2CC3)c1)S(=O)(=O)OC. The Morgan fingerprint density at radius 2 is 1.41 bits per heavy atom. The Kier molecular flexibility index (Phi) is 15.8. The Bertz CT molecular complexity index is 3150. The third-order valence-corrected chi connectivity index (χ3v) is 20.0. The van der Waals surface area contributed by atoms with Gasteiger partial charge in [0.05, 0.1) is 31.5 Å². The fourth-order valence-corrected chi connectivity index (χ4v) is 14.5. The lowest BCUT2D eigenvalue weighted by Gasteiger charge is -2.26. The van der Waals surface area contributed by atoms with Gasteiger partial charge in [0, 0.05) is 71.8 Å². The van der Waals surface area contributed by atoms with Gasteiger partial charge in [-0.3, -0.25) is 23.4 Å². The highest BCUT2D eigenvalue weighted by Gasteiger charge is 2.40. The zero-order valence-electron chi connectivity index (χ0n) is 43.7. The van der Waals surface area contributed by atoms with E-state index in [9.17, 15) is 27.6 Å². The third-order valence-electron chi connectivity index (χ3n) is 14.6. The van der Waals surface area contributed by atoms with Gasteiger partial charge in [-0.05, 0) is 141 Å². The molecular formula is C57H65N5O10S3. The van der Waals surface area contributed by atoms with Crippen LogP contribution in [0.4, 0.5) is 22.7 Å². The summed E-state index contributed by atoms with van der Waals surface area (Å²) in [6.45, 7) is 8.77. The van der Waals surface area contributed by atoms with Gasteiger partial charge in [0.25, 0.3) is 21.9 Å². The molecule has 2 unspecified atom stereocenters. The number of carbonyl (C=O) groups excluding carboxylic acids is 4. The molecule has 4 aliphatic heterocycles. The van der Waals surface area contributed by atoms with E-state index in [1.165, 1.54) is 39.8 Å². The topological polar surface area (TPSA) is 173 Å². The van der Waals surface area contributed by atoms with Crippen molar-refractivity contribution in [2.45, 2.75) is 113 Å². The molecule has 18 heteroatoms. The van der Waals surface area contributed by atoms with Gasteiger partial charge in [-0.1, -0.05) is 64.9 Å². The standard InChI is InChI=1S/C57H65N5O10S3/c1-34-21-45-48(60(6)31-43-27-40-14-10-12-16-47(40)62(43)56(45)66)30-49(34)71-32-36-23-37(25-41(24-36)59-53(63)19-20-57(3,4)74-73-35(2)22-52(54(64)58-5)75(67,68)70-8)33-72-51-28-38-17-18-42-26-39-13-9-11-15-46(39)61(42)55(65)44(38)29-50(51)69-7/h9-16,21,23-25,28-30,35,42-43,52H,17-20,22,26-27,31-33H2,1-8H3,(H,58,64)(H,59,63)/t35?,42-,43+,52?/m1/s1. The first-order chi connectivity index (χ1) is 35.9. The predicted octanol–water partition coefficient (Wildman–Crippen LogP) is 9.45. The number of rotatable bonds is 19.